The molecule has 2 fully saturated rings. The summed E-state index contributed by atoms with van der Waals surface area (Å²) in [4.78, 5) is 27.2. The number of nitrogens with one attached hydrogen (secondary N) is 3. The van der Waals surface area contributed by atoms with E-state index in [4.69, 9.17) is 0 Å². The molecular weight excluding hydrogens is 340 g/mol. The molecule has 3 rings (SSSR count). The van der Waals surface area contributed by atoms with Crippen LogP contribution in [0.1, 0.15) is 51.0 Å². The summed E-state index contributed by atoms with van der Waals surface area (Å²) < 4.78 is 0. The maximum atomic E-state index is 12.8. The first-order valence-electron chi connectivity index (χ1n) is 10.3. The number of hydrogen-bond donors (Lipinski definition) is 3. The molecule has 1 aromatic carbocycles. The summed E-state index contributed by atoms with van der Waals surface area (Å²) in [5.41, 5.74) is 1.94. The Labute approximate surface area is 162 Å². The summed E-state index contributed by atoms with van der Waals surface area (Å²) in [5.74, 6) is -0.141. The first-order chi connectivity index (χ1) is 13.2. The van der Waals surface area contributed by atoms with Gasteiger partial charge in [0.2, 0.25) is 5.91 Å². The Morgan fingerprint density at radius 3 is 2.67 bits per heavy atom. The van der Waals surface area contributed by atoms with Crippen molar-refractivity contribution in [2.24, 2.45) is 5.92 Å². The molecule has 0 radical (unpaired) electrons. The zero-order valence-electron chi connectivity index (χ0n) is 16.3. The van der Waals surface area contributed by atoms with E-state index in [0.29, 0.717) is 12.6 Å². The van der Waals surface area contributed by atoms with E-state index in [1.165, 1.54) is 12.8 Å². The summed E-state index contributed by atoms with van der Waals surface area (Å²) >= 11 is 0. The lowest BCUT2D eigenvalue weighted by molar-refractivity contribution is -0.121. The molecule has 6 nitrogen and oxygen atoms in total. The highest BCUT2D eigenvalue weighted by Gasteiger charge is 2.30. The lowest BCUT2D eigenvalue weighted by Crippen LogP contribution is -2.49. The normalized spacial score (nSPS) is 20.5. The van der Waals surface area contributed by atoms with Crippen LogP contribution < -0.4 is 16.0 Å². The monoisotopic (exact) mass is 372 g/mol. The molecule has 1 aliphatic carbocycles. The Morgan fingerprint density at radius 1 is 1.11 bits per heavy atom. The quantitative estimate of drug-likeness (QED) is 0.718. The van der Waals surface area contributed by atoms with Crippen LogP contribution in [0.3, 0.4) is 0 Å². The summed E-state index contributed by atoms with van der Waals surface area (Å²) in [6, 6.07) is 8.20. The van der Waals surface area contributed by atoms with Crippen LogP contribution in [-0.4, -0.2) is 42.5 Å². The third-order valence-corrected chi connectivity index (χ3v) is 5.60. The van der Waals surface area contributed by atoms with Crippen molar-refractivity contribution in [3.05, 3.63) is 29.8 Å². The number of para-hydroxylation sites is 1. The van der Waals surface area contributed by atoms with Crippen LogP contribution in [0.15, 0.2) is 24.3 Å². The maximum absolute atomic E-state index is 12.8. The van der Waals surface area contributed by atoms with Crippen molar-refractivity contribution in [2.45, 2.75) is 58.0 Å². The highest BCUT2D eigenvalue weighted by atomic mass is 16.2. The lowest BCUT2D eigenvalue weighted by atomic mass is 9.97. The molecule has 1 unspecified atom stereocenters. The molecule has 1 saturated heterocycles. The fourth-order valence-electron chi connectivity index (χ4n) is 4.00. The van der Waals surface area contributed by atoms with Crippen LogP contribution in [0.5, 0.6) is 0 Å². The standard InChI is InChI=1S/C21H32N4O2/c1-2-22-14-16-8-3-6-12-19(16)24-20(26)17-9-7-13-25(15-17)21(27)23-18-10-4-5-11-18/h3,6,8,12,17-18,22H,2,4-5,7,9-11,13-15H2,1H3,(H,23,27)(H,24,26). The average Bonchev–Trinajstić information content (AvgIpc) is 3.20. The van der Waals surface area contributed by atoms with Crippen molar-refractivity contribution < 1.29 is 9.59 Å². The van der Waals surface area contributed by atoms with Crippen molar-refractivity contribution in [3.8, 4) is 0 Å². The Kier molecular flexibility index (Phi) is 7.10. The van der Waals surface area contributed by atoms with Gasteiger partial charge in [0.1, 0.15) is 0 Å². The molecular formula is C21H32N4O2. The second-order valence-corrected chi connectivity index (χ2v) is 7.64. The highest BCUT2D eigenvalue weighted by molar-refractivity contribution is 5.93. The third-order valence-electron chi connectivity index (χ3n) is 5.60. The summed E-state index contributed by atoms with van der Waals surface area (Å²) in [7, 11) is 0. The second kappa shape index (κ2) is 9.74. The van der Waals surface area contributed by atoms with Crippen molar-refractivity contribution in [3.63, 3.8) is 0 Å². The number of rotatable bonds is 6. The van der Waals surface area contributed by atoms with Crippen molar-refractivity contribution >= 4 is 17.6 Å². The van der Waals surface area contributed by atoms with Gasteiger partial charge in [-0.15, -0.1) is 0 Å². The van der Waals surface area contributed by atoms with Crippen LogP contribution in [-0.2, 0) is 11.3 Å². The van der Waals surface area contributed by atoms with E-state index in [0.717, 1.165) is 56.6 Å². The van der Waals surface area contributed by atoms with Gasteiger partial charge in [-0.2, -0.15) is 0 Å². The third kappa shape index (κ3) is 5.45. The Bertz CT molecular complexity index is 643. The molecule has 1 atom stereocenters. The minimum absolute atomic E-state index is 0.00746. The van der Waals surface area contributed by atoms with Gasteiger partial charge in [0, 0.05) is 31.4 Å². The van der Waals surface area contributed by atoms with Crippen LogP contribution in [0, 0.1) is 5.92 Å². The summed E-state index contributed by atoms with van der Waals surface area (Å²) in [5, 5.41) is 9.52. The molecule has 27 heavy (non-hydrogen) atoms. The van der Waals surface area contributed by atoms with Crippen molar-refractivity contribution in [1.29, 1.82) is 0 Å². The van der Waals surface area contributed by atoms with E-state index in [-0.39, 0.29) is 17.9 Å². The Balaban J connectivity index is 1.56. The number of piperidine rings is 1. The maximum Gasteiger partial charge on any atom is 0.317 e. The number of nitrogens with zero attached hydrogens (tertiary/aromatic N) is 1. The van der Waals surface area contributed by atoms with Gasteiger partial charge < -0.3 is 20.9 Å². The van der Waals surface area contributed by atoms with Gasteiger partial charge in [-0.25, -0.2) is 4.79 Å². The van der Waals surface area contributed by atoms with Crippen LogP contribution in [0.4, 0.5) is 10.5 Å². The molecule has 0 spiro atoms. The van der Waals surface area contributed by atoms with E-state index in [1.54, 1.807) is 0 Å². The number of hydrogen-bond acceptors (Lipinski definition) is 3. The average molecular weight is 373 g/mol. The van der Waals surface area contributed by atoms with Gasteiger partial charge in [-0.1, -0.05) is 38.0 Å². The molecule has 3 amide bonds. The summed E-state index contributed by atoms with van der Waals surface area (Å²) in [6.45, 7) is 4.91. The van der Waals surface area contributed by atoms with Crippen molar-refractivity contribution in [1.82, 2.24) is 15.5 Å². The molecule has 0 aromatic heterocycles. The van der Waals surface area contributed by atoms with Gasteiger partial charge in [0.05, 0.1) is 5.92 Å². The van der Waals surface area contributed by atoms with Crippen LogP contribution in [0.2, 0.25) is 0 Å². The number of amides is 3. The van der Waals surface area contributed by atoms with Gasteiger partial charge in [0.25, 0.3) is 0 Å². The number of carbonyl (C=O) groups is 2. The Hall–Kier alpha value is -2.08. The molecule has 1 heterocycles. The SMILES string of the molecule is CCNCc1ccccc1NC(=O)C1CCCN(C(=O)NC2CCCC2)C1. The minimum atomic E-state index is -0.153. The van der Waals surface area contributed by atoms with Gasteiger partial charge in [-0.3, -0.25) is 4.79 Å². The zero-order chi connectivity index (χ0) is 19.1. The predicted molar refractivity (Wildman–Crippen MR) is 108 cm³/mol. The molecule has 1 aliphatic heterocycles. The van der Waals surface area contributed by atoms with Crippen molar-refractivity contribution in [2.75, 3.05) is 25.0 Å². The van der Waals surface area contributed by atoms with Gasteiger partial charge >= 0.3 is 6.03 Å². The Morgan fingerprint density at radius 2 is 1.89 bits per heavy atom. The molecule has 1 saturated carbocycles. The highest BCUT2D eigenvalue weighted by Crippen LogP contribution is 2.22. The van der Waals surface area contributed by atoms with Gasteiger partial charge in [0.15, 0.2) is 0 Å². The number of benzene rings is 1. The first-order valence-corrected chi connectivity index (χ1v) is 10.3. The number of likely N-dealkylation sites (tertiary alicyclic amines) is 1. The van der Waals surface area contributed by atoms with Gasteiger partial charge in [-0.05, 0) is 43.9 Å². The summed E-state index contributed by atoms with van der Waals surface area (Å²) in [6.07, 6.45) is 6.24. The zero-order valence-corrected chi connectivity index (χ0v) is 16.3. The molecule has 0 bridgehead atoms. The van der Waals surface area contributed by atoms with E-state index < -0.39 is 0 Å². The largest absolute Gasteiger partial charge is 0.335 e. The first kappa shape index (κ1) is 19.7. The molecule has 148 valence electrons. The van der Waals surface area contributed by atoms with Crippen LogP contribution in [0.25, 0.3) is 0 Å². The second-order valence-electron chi connectivity index (χ2n) is 7.64. The molecule has 2 aliphatic rings. The minimum Gasteiger partial charge on any atom is -0.335 e. The molecule has 3 N–H and O–H groups in total. The smallest absolute Gasteiger partial charge is 0.317 e. The number of anilines is 1. The fraction of sp³-hybridized carbons (Fsp3) is 0.619. The molecule has 6 heteroatoms. The van der Waals surface area contributed by atoms with Crippen LogP contribution >= 0.6 is 0 Å². The van der Waals surface area contributed by atoms with E-state index in [1.807, 2.05) is 29.2 Å². The molecule has 1 aromatic rings. The predicted octanol–water partition coefficient (Wildman–Crippen LogP) is 3.10. The fourth-order valence-corrected chi connectivity index (χ4v) is 4.00. The number of urea groups is 1. The van der Waals surface area contributed by atoms with E-state index in [9.17, 15) is 9.59 Å². The topological polar surface area (TPSA) is 73.5 Å². The van der Waals surface area contributed by atoms with E-state index >= 15 is 0 Å². The lowest BCUT2D eigenvalue weighted by Gasteiger charge is -2.33. The number of carbonyl (C=O) groups excluding carboxylic acids is 2. The van der Waals surface area contributed by atoms with E-state index in [2.05, 4.69) is 22.9 Å².